The second-order valence-corrected chi connectivity index (χ2v) is 10.1. The summed E-state index contributed by atoms with van der Waals surface area (Å²) >= 11 is 1.42. The first-order valence-electron chi connectivity index (χ1n) is 9.78. The third-order valence-electron chi connectivity index (χ3n) is 4.74. The Morgan fingerprint density at radius 3 is 2.39 bits per heavy atom. The fourth-order valence-electron chi connectivity index (χ4n) is 3.04. The van der Waals surface area contributed by atoms with E-state index in [1.807, 2.05) is 13.0 Å². The van der Waals surface area contributed by atoms with Gasteiger partial charge in [0, 0.05) is 4.88 Å². The SMILES string of the molecule is Cc1ccc(S(=O)(=O)NCC(=O)NCC(=O)NNC(=O)c2cc3c(s2)CCCC3)cc1. The van der Waals surface area contributed by atoms with Crippen LogP contribution in [0.25, 0.3) is 0 Å². The molecule has 4 N–H and O–H groups in total. The van der Waals surface area contributed by atoms with Crippen molar-refractivity contribution < 1.29 is 22.8 Å². The van der Waals surface area contributed by atoms with Crippen LogP contribution in [0.2, 0.25) is 0 Å². The molecule has 9 nitrogen and oxygen atoms in total. The number of hydrogen-bond donors (Lipinski definition) is 4. The zero-order valence-electron chi connectivity index (χ0n) is 17.0. The summed E-state index contributed by atoms with van der Waals surface area (Å²) in [4.78, 5) is 37.7. The molecule has 0 unspecified atom stereocenters. The van der Waals surface area contributed by atoms with Crippen LogP contribution in [0.5, 0.6) is 0 Å². The Hall–Kier alpha value is -2.76. The maximum absolute atomic E-state index is 12.2. The molecule has 31 heavy (non-hydrogen) atoms. The van der Waals surface area contributed by atoms with Gasteiger partial charge in [0.15, 0.2) is 0 Å². The van der Waals surface area contributed by atoms with Crippen LogP contribution in [0, 0.1) is 6.92 Å². The normalized spacial score (nSPS) is 13.2. The lowest BCUT2D eigenvalue weighted by Crippen LogP contribution is -2.47. The van der Waals surface area contributed by atoms with Gasteiger partial charge in [0.2, 0.25) is 15.9 Å². The van der Waals surface area contributed by atoms with Gasteiger partial charge in [-0.25, -0.2) is 13.1 Å². The maximum atomic E-state index is 12.2. The lowest BCUT2D eigenvalue weighted by molar-refractivity contribution is -0.125. The average molecular weight is 465 g/mol. The second-order valence-electron chi connectivity index (χ2n) is 7.18. The number of hydrogen-bond acceptors (Lipinski definition) is 6. The van der Waals surface area contributed by atoms with Crippen molar-refractivity contribution >= 4 is 39.1 Å². The molecule has 1 aromatic heterocycles. The number of fused-ring (bicyclic) bond motifs is 1. The Morgan fingerprint density at radius 1 is 0.968 bits per heavy atom. The fraction of sp³-hybridized carbons (Fsp3) is 0.350. The van der Waals surface area contributed by atoms with Gasteiger partial charge >= 0.3 is 0 Å². The van der Waals surface area contributed by atoms with Gasteiger partial charge in [-0.3, -0.25) is 25.2 Å². The molecular weight excluding hydrogens is 440 g/mol. The number of hydrazine groups is 1. The van der Waals surface area contributed by atoms with Crippen LogP contribution in [-0.2, 0) is 32.5 Å². The highest BCUT2D eigenvalue weighted by Gasteiger charge is 2.18. The van der Waals surface area contributed by atoms with Gasteiger partial charge in [-0.05, 0) is 56.4 Å². The maximum Gasteiger partial charge on any atom is 0.279 e. The van der Waals surface area contributed by atoms with E-state index in [4.69, 9.17) is 0 Å². The largest absolute Gasteiger partial charge is 0.346 e. The quantitative estimate of drug-likeness (QED) is 0.450. The number of amides is 3. The van der Waals surface area contributed by atoms with Gasteiger partial charge in [-0.1, -0.05) is 17.7 Å². The minimum atomic E-state index is -3.83. The molecule has 0 saturated carbocycles. The zero-order chi connectivity index (χ0) is 22.4. The third-order valence-corrected chi connectivity index (χ3v) is 7.39. The highest BCUT2D eigenvalue weighted by molar-refractivity contribution is 7.89. The molecule has 0 bridgehead atoms. The molecule has 1 aromatic carbocycles. The second kappa shape index (κ2) is 10.0. The van der Waals surface area contributed by atoms with Crippen LogP contribution in [0.1, 0.15) is 38.5 Å². The molecule has 2 aromatic rings. The molecule has 166 valence electrons. The van der Waals surface area contributed by atoms with Crippen molar-refractivity contribution in [2.75, 3.05) is 13.1 Å². The highest BCUT2D eigenvalue weighted by atomic mass is 32.2. The summed E-state index contributed by atoms with van der Waals surface area (Å²) in [6.45, 7) is 0.904. The van der Waals surface area contributed by atoms with Crippen molar-refractivity contribution in [2.24, 2.45) is 0 Å². The number of aryl methyl sites for hydroxylation is 3. The molecule has 0 saturated heterocycles. The van der Waals surface area contributed by atoms with Crippen molar-refractivity contribution in [2.45, 2.75) is 37.5 Å². The molecule has 0 spiro atoms. The number of carbonyl (C=O) groups is 3. The molecule has 1 aliphatic carbocycles. The van der Waals surface area contributed by atoms with E-state index in [2.05, 4.69) is 20.9 Å². The van der Waals surface area contributed by atoms with E-state index in [0.29, 0.717) is 4.88 Å². The summed E-state index contributed by atoms with van der Waals surface area (Å²) in [5.41, 5.74) is 6.66. The standard InChI is InChI=1S/C20H24N4O5S2/c1-13-6-8-15(9-7-13)31(28,29)22-12-18(25)21-11-19(26)23-24-20(27)17-10-14-4-2-3-5-16(14)30-17/h6-10,22H,2-5,11-12H2,1H3,(H,21,25)(H,23,26)(H,24,27). The summed E-state index contributed by atoms with van der Waals surface area (Å²) in [7, 11) is -3.83. The topological polar surface area (TPSA) is 133 Å². The van der Waals surface area contributed by atoms with Crippen molar-refractivity contribution in [3.63, 3.8) is 0 Å². The van der Waals surface area contributed by atoms with E-state index in [1.54, 1.807) is 12.1 Å². The minimum absolute atomic E-state index is 0.0432. The average Bonchev–Trinajstić information content (AvgIpc) is 3.19. The first-order chi connectivity index (χ1) is 14.7. The molecule has 3 rings (SSSR count). The molecule has 0 aliphatic heterocycles. The molecule has 1 aliphatic rings. The van der Waals surface area contributed by atoms with E-state index in [-0.39, 0.29) is 4.90 Å². The summed E-state index contributed by atoms with van der Waals surface area (Å²) < 4.78 is 26.5. The van der Waals surface area contributed by atoms with Gasteiger partial charge in [-0.15, -0.1) is 11.3 Å². The predicted octanol–water partition coefficient (Wildman–Crippen LogP) is 0.791. The Bertz CT molecular complexity index is 1050. The van der Waals surface area contributed by atoms with E-state index in [9.17, 15) is 22.8 Å². The Balaban J connectivity index is 1.39. The molecule has 0 radical (unpaired) electrons. The van der Waals surface area contributed by atoms with E-state index in [1.165, 1.54) is 33.9 Å². The van der Waals surface area contributed by atoms with E-state index >= 15 is 0 Å². The van der Waals surface area contributed by atoms with Crippen LogP contribution in [0.4, 0.5) is 0 Å². The number of carbonyl (C=O) groups excluding carboxylic acids is 3. The number of nitrogens with one attached hydrogen (secondary N) is 4. The smallest absolute Gasteiger partial charge is 0.279 e. The van der Waals surface area contributed by atoms with Crippen molar-refractivity contribution in [1.82, 2.24) is 20.9 Å². The van der Waals surface area contributed by atoms with Gasteiger partial charge in [-0.2, -0.15) is 0 Å². The lowest BCUT2D eigenvalue weighted by Gasteiger charge is -2.09. The molecule has 0 atom stereocenters. The number of benzene rings is 1. The summed E-state index contributed by atoms with van der Waals surface area (Å²) in [6, 6.07) is 8.03. The van der Waals surface area contributed by atoms with Crippen molar-refractivity contribution in [3.05, 3.63) is 51.2 Å². The Kier molecular flexibility index (Phi) is 7.42. The predicted molar refractivity (Wildman–Crippen MR) is 116 cm³/mol. The Labute approximate surface area is 184 Å². The first kappa shape index (κ1) is 22.9. The van der Waals surface area contributed by atoms with E-state index < -0.39 is 40.8 Å². The molecule has 1 heterocycles. The molecule has 0 fully saturated rings. The first-order valence-corrected chi connectivity index (χ1v) is 12.1. The van der Waals surface area contributed by atoms with Crippen LogP contribution >= 0.6 is 11.3 Å². The van der Waals surface area contributed by atoms with Crippen molar-refractivity contribution in [3.8, 4) is 0 Å². The van der Waals surface area contributed by atoms with Crippen LogP contribution in [-0.4, -0.2) is 39.2 Å². The number of sulfonamides is 1. The van der Waals surface area contributed by atoms with Gasteiger partial charge in [0.25, 0.3) is 11.8 Å². The van der Waals surface area contributed by atoms with Crippen LogP contribution < -0.4 is 20.9 Å². The zero-order valence-corrected chi connectivity index (χ0v) is 18.6. The molecule has 11 heteroatoms. The molecule has 3 amide bonds. The summed E-state index contributed by atoms with van der Waals surface area (Å²) in [5, 5.41) is 2.29. The lowest BCUT2D eigenvalue weighted by atomic mass is 9.99. The van der Waals surface area contributed by atoms with E-state index in [0.717, 1.165) is 31.2 Å². The van der Waals surface area contributed by atoms with Crippen LogP contribution in [0.3, 0.4) is 0 Å². The minimum Gasteiger partial charge on any atom is -0.346 e. The third kappa shape index (κ3) is 6.36. The highest BCUT2D eigenvalue weighted by Crippen LogP contribution is 2.29. The number of rotatable bonds is 7. The van der Waals surface area contributed by atoms with Gasteiger partial charge < -0.3 is 5.32 Å². The summed E-state index contributed by atoms with van der Waals surface area (Å²) in [5.74, 6) is -1.72. The van der Waals surface area contributed by atoms with Crippen LogP contribution in [0.15, 0.2) is 35.2 Å². The Morgan fingerprint density at radius 2 is 1.68 bits per heavy atom. The fourth-order valence-corrected chi connectivity index (χ4v) is 5.17. The summed E-state index contributed by atoms with van der Waals surface area (Å²) in [6.07, 6.45) is 4.17. The van der Waals surface area contributed by atoms with Gasteiger partial charge in [0.05, 0.1) is 22.9 Å². The van der Waals surface area contributed by atoms with Crippen molar-refractivity contribution in [1.29, 1.82) is 0 Å². The number of thiophene rings is 1. The van der Waals surface area contributed by atoms with Gasteiger partial charge in [0.1, 0.15) is 0 Å². The molecular formula is C20H24N4O5S2. The monoisotopic (exact) mass is 464 g/mol.